The fourth-order valence-electron chi connectivity index (χ4n) is 2.57. The van der Waals surface area contributed by atoms with Crippen molar-refractivity contribution in [2.45, 2.75) is 25.6 Å². The van der Waals surface area contributed by atoms with E-state index in [1.807, 2.05) is 18.2 Å². The maximum Gasteiger partial charge on any atom is 0.401 e. The van der Waals surface area contributed by atoms with E-state index in [4.69, 9.17) is 0 Å². The Labute approximate surface area is 111 Å². The van der Waals surface area contributed by atoms with Crippen LogP contribution < -0.4 is 5.32 Å². The Balaban J connectivity index is 2.07. The number of hydrogen-bond donors (Lipinski definition) is 1. The quantitative estimate of drug-likeness (QED) is 0.906. The van der Waals surface area contributed by atoms with Crippen LogP contribution in [0.4, 0.5) is 13.2 Å². The van der Waals surface area contributed by atoms with Crippen LogP contribution in [-0.2, 0) is 6.42 Å². The van der Waals surface area contributed by atoms with Crippen molar-refractivity contribution in [2.24, 2.45) is 0 Å². The lowest BCUT2D eigenvalue weighted by molar-refractivity contribution is -0.146. The van der Waals surface area contributed by atoms with Crippen LogP contribution in [0.15, 0.2) is 24.3 Å². The molecular weight excluding hydrogens is 253 g/mol. The summed E-state index contributed by atoms with van der Waals surface area (Å²) >= 11 is 0. The van der Waals surface area contributed by atoms with E-state index in [1.54, 1.807) is 6.92 Å². The number of nitrogens with one attached hydrogen (secondary N) is 1. The molecule has 1 unspecified atom stereocenters. The third kappa shape index (κ3) is 3.94. The van der Waals surface area contributed by atoms with Crippen LogP contribution >= 0.6 is 0 Å². The molecule has 0 aromatic heterocycles. The van der Waals surface area contributed by atoms with E-state index in [9.17, 15) is 13.2 Å². The fraction of sp³-hybridized carbons (Fsp3) is 0.571. The summed E-state index contributed by atoms with van der Waals surface area (Å²) in [5.41, 5.74) is 2.38. The molecule has 1 aromatic rings. The van der Waals surface area contributed by atoms with Gasteiger partial charge < -0.3 is 5.32 Å². The van der Waals surface area contributed by atoms with Crippen molar-refractivity contribution < 1.29 is 13.2 Å². The van der Waals surface area contributed by atoms with Gasteiger partial charge in [-0.05, 0) is 30.6 Å². The molecule has 0 saturated carbocycles. The van der Waals surface area contributed by atoms with Gasteiger partial charge in [-0.3, -0.25) is 4.90 Å². The predicted octanol–water partition coefficient (Wildman–Crippen LogP) is 2.76. The van der Waals surface area contributed by atoms with Crippen LogP contribution in [0.25, 0.3) is 0 Å². The molecule has 0 amide bonds. The number of fused-ring (bicyclic) bond motifs is 1. The highest BCUT2D eigenvalue weighted by molar-refractivity contribution is 5.32. The molecule has 1 aliphatic rings. The summed E-state index contributed by atoms with van der Waals surface area (Å²) in [6, 6.07) is 7.98. The Morgan fingerprint density at radius 2 is 2.05 bits per heavy atom. The first-order valence-corrected chi connectivity index (χ1v) is 6.60. The number of rotatable bonds is 4. The Hall–Kier alpha value is -1.07. The summed E-state index contributed by atoms with van der Waals surface area (Å²) in [5, 5.41) is 3.32. The van der Waals surface area contributed by atoms with Gasteiger partial charge in [-0.2, -0.15) is 13.2 Å². The van der Waals surface area contributed by atoms with Gasteiger partial charge in [-0.1, -0.05) is 31.2 Å². The van der Waals surface area contributed by atoms with Crippen molar-refractivity contribution >= 4 is 0 Å². The lowest BCUT2D eigenvalue weighted by atomic mass is 9.94. The van der Waals surface area contributed by atoms with Gasteiger partial charge in [0.1, 0.15) is 0 Å². The van der Waals surface area contributed by atoms with Crippen LogP contribution in [0.5, 0.6) is 0 Å². The molecule has 106 valence electrons. The molecule has 19 heavy (non-hydrogen) atoms. The van der Waals surface area contributed by atoms with E-state index in [1.165, 1.54) is 10.5 Å². The SMILES string of the molecule is CCN(CC1NCCc2ccccc21)CC(F)(F)F. The number of hydrogen-bond acceptors (Lipinski definition) is 2. The molecule has 1 aliphatic heterocycles. The smallest absolute Gasteiger partial charge is 0.309 e. The minimum atomic E-state index is -4.13. The topological polar surface area (TPSA) is 15.3 Å². The van der Waals surface area contributed by atoms with E-state index < -0.39 is 12.7 Å². The van der Waals surface area contributed by atoms with E-state index >= 15 is 0 Å². The number of nitrogens with zero attached hydrogens (tertiary/aromatic N) is 1. The molecule has 1 atom stereocenters. The average molecular weight is 272 g/mol. The number of halogens is 3. The second-order valence-corrected chi connectivity index (χ2v) is 4.90. The molecule has 0 saturated heterocycles. The van der Waals surface area contributed by atoms with Gasteiger partial charge in [0.05, 0.1) is 6.54 Å². The summed E-state index contributed by atoms with van der Waals surface area (Å²) in [7, 11) is 0. The fourth-order valence-corrected chi connectivity index (χ4v) is 2.57. The lowest BCUT2D eigenvalue weighted by Gasteiger charge is -2.32. The van der Waals surface area contributed by atoms with Crippen molar-refractivity contribution in [3.8, 4) is 0 Å². The highest BCUT2D eigenvalue weighted by atomic mass is 19.4. The maximum absolute atomic E-state index is 12.5. The molecule has 1 N–H and O–H groups in total. The predicted molar refractivity (Wildman–Crippen MR) is 69.1 cm³/mol. The first-order valence-electron chi connectivity index (χ1n) is 6.60. The van der Waals surface area contributed by atoms with Gasteiger partial charge in [0.15, 0.2) is 0 Å². The first kappa shape index (κ1) is 14.3. The number of likely N-dealkylation sites (N-methyl/N-ethyl adjacent to an activating group) is 1. The summed E-state index contributed by atoms with van der Waals surface area (Å²) in [6.07, 6.45) is -3.19. The average Bonchev–Trinajstić information content (AvgIpc) is 2.37. The zero-order valence-corrected chi connectivity index (χ0v) is 11.0. The summed E-state index contributed by atoms with van der Waals surface area (Å²) in [4.78, 5) is 1.44. The van der Waals surface area contributed by atoms with Crippen molar-refractivity contribution in [1.29, 1.82) is 0 Å². The molecule has 0 aliphatic carbocycles. The third-order valence-electron chi connectivity index (χ3n) is 3.51. The van der Waals surface area contributed by atoms with Gasteiger partial charge in [-0.15, -0.1) is 0 Å². The monoisotopic (exact) mass is 272 g/mol. The highest BCUT2D eigenvalue weighted by Crippen LogP contribution is 2.24. The van der Waals surface area contributed by atoms with Crippen LogP contribution in [0.1, 0.15) is 24.1 Å². The minimum absolute atomic E-state index is 0.00718. The van der Waals surface area contributed by atoms with Gasteiger partial charge in [0.2, 0.25) is 0 Å². The van der Waals surface area contributed by atoms with Gasteiger partial charge in [-0.25, -0.2) is 0 Å². The van der Waals surface area contributed by atoms with Crippen molar-refractivity contribution in [3.05, 3.63) is 35.4 Å². The van der Waals surface area contributed by atoms with Crippen molar-refractivity contribution in [3.63, 3.8) is 0 Å². The van der Waals surface area contributed by atoms with Crippen LogP contribution in [-0.4, -0.2) is 37.3 Å². The molecule has 0 spiro atoms. The summed E-state index contributed by atoms with van der Waals surface area (Å²) in [6.45, 7) is 2.54. The minimum Gasteiger partial charge on any atom is -0.309 e. The third-order valence-corrected chi connectivity index (χ3v) is 3.51. The van der Waals surface area contributed by atoms with E-state index in [0.717, 1.165) is 18.5 Å². The second-order valence-electron chi connectivity index (χ2n) is 4.90. The number of alkyl halides is 3. The maximum atomic E-state index is 12.5. The standard InChI is InChI=1S/C14H19F3N2/c1-2-19(10-14(15,16)17)9-13-12-6-4-3-5-11(12)7-8-18-13/h3-6,13,18H,2,7-10H2,1H3. The zero-order valence-electron chi connectivity index (χ0n) is 11.0. The normalized spacial score (nSPS) is 19.5. The largest absolute Gasteiger partial charge is 0.401 e. The Bertz CT molecular complexity index is 417. The van der Waals surface area contributed by atoms with E-state index in [0.29, 0.717) is 13.1 Å². The molecule has 1 heterocycles. The number of benzene rings is 1. The van der Waals surface area contributed by atoms with Crippen molar-refractivity contribution in [1.82, 2.24) is 10.2 Å². The lowest BCUT2D eigenvalue weighted by Crippen LogP contribution is -2.42. The second kappa shape index (κ2) is 5.92. The van der Waals surface area contributed by atoms with Gasteiger partial charge in [0, 0.05) is 12.6 Å². The molecule has 1 aromatic carbocycles. The van der Waals surface area contributed by atoms with Crippen LogP contribution in [0, 0.1) is 0 Å². The molecule has 0 fully saturated rings. The molecule has 0 radical (unpaired) electrons. The zero-order chi connectivity index (χ0) is 13.9. The Kier molecular flexibility index (Phi) is 4.47. The molecular formula is C14H19F3N2. The van der Waals surface area contributed by atoms with Gasteiger partial charge in [0.25, 0.3) is 0 Å². The summed E-state index contributed by atoms with van der Waals surface area (Å²) in [5.74, 6) is 0. The Morgan fingerprint density at radius 3 is 2.74 bits per heavy atom. The summed E-state index contributed by atoms with van der Waals surface area (Å²) < 4.78 is 37.4. The molecule has 0 bridgehead atoms. The van der Waals surface area contributed by atoms with Crippen molar-refractivity contribution in [2.75, 3.05) is 26.2 Å². The first-order chi connectivity index (χ1) is 8.99. The molecule has 2 nitrogen and oxygen atoms in total. The van der Waals surface area contributed by atoms with Crippen LogP contribution in [0.2, 0.25) is 0 Å². The van der Waals surface area contributed by atoms with Crippen LogP contribution in [0.3, 0.4) is 0 Å². The van der Waals surface area contributed by atoms with E-state index in [2.05, 4.69) is 11.4 Å². The van der Waals surface area contributed by atoms with E-state index in [-0.39, 0.29) is 6.04 Å². The molecule has 5 heteroatoms. The Morgan fingerprint density at radius 1 is 1.32 bits per heavy atom. The highest BCUT2D eigenvalue weighted by Gasteiger charge is 2.31. The molecule has 2 rings (SSSR count). The van der Waals surface area contributed by atoms with Gasteiger partial charge >= 0.3 is 6.18 Å².